The van der Waals surface area contributed by atoms with E-state index >= 15 is 0 Å². The molecule has 0 saturated carbocycles. The fraction of sp³-hybridized carbons (Fsp3) is 0.385. The minimum atomic E-state index is -3.45. The Labute approximate surface area is 117 Å². The summed E-state index contributed by atoms with van der Waals surface area (Å²) < 4.78 is 31.6. The number of rotatable bonds is 5. The molecule has 1 aromatic rings. The van der Waals surface area contributed by atoms with E-state index in [9.17, 15) is 8.42 Å². The van der Waals surface area contributed by atoms with Gasteiger partial charge in [-0.05, 0) is 0 Å². The molecule has 100 valence electrons. The summed E-state index contributed by atoms with van der Waals surface area (Å²) in [6.07, 6.45) is 3.99. The molecule has 0 spiro atoms. The summed E-state index contributed by atoms with van der Waals surface area (Å²) in [7, 11) is -3.45. The first kappa shape index (κ1) is 15.5. The van der Waals surface area contributed by atoms with E-state index in [4.69, 9.17) is 2.51 Å². The van der Waals surface area contributed by atoms with E-state index in [0.717, 1.165) is 29.1 Å². The predicted molar refractivity (Wildman–Crippen MR) is 82.4 cm³/mol. The zero-order chi connectivity index (χ0) is 13.4. The van der Waals surface area contributed by atoms with E-state index in [1.165, 1.54) is 0 Å². The first-order valence-corrected chi connectivity index (χ1v) is 10.5. The van der Waals surface area contributed by atoms with E-state index in [1.807, 2.05) is 30.3 Å². The molecule has 0 unspecified atom stereocenters. The van der Waals surface area contributed by atoms with Crippen LogP contribution in [0.15, 0.2) is 30.3 Å². The Bertz CT molecular complexity index is 514. The zero-order valence-electron chi connectivity index (χ0n) is 10.5. The summed E-state index contributed by atoms with van der Waals surface area (Å²) in [4.78, 5) is 0. The van der Waals surface area contributed by atoms with Crippen molar-refractivity contribution < 1.29 is 10.9 Å². The molecule has 0 fully saturated rings. The van der Waals surface area contributed by atoms with Crippen LogP contribution in [0.1, 0.15) is 26.2 Å². The Hall–Kier alpha value is -0.580. The SMILES string of the molecule is CCCCC#CI(OS(C)(=O)=O)c1ccccc1. The third-order valence-electron chi connectivity index (χ3n) is 1.92. The van der Waals surface area contributed by atoms with Crippen molar-refractivity contribution in [1.82, 2.24) is 0 Å². The number of benzene rings is 1. The zero-order valence-corrected chi connectivity index (χ0v) is 13.5. The monoisotopic (exact) mass is 380 g/mol. The maximum atomic E-state index is 11.3. The molecular formula is C13H17IO3S. The third-order valence-corrected chi connectivity index (χ3v) is 8.03. The Morgan fingerprint density at radius 2 is 1.94 bits per heavy atom. The van der Waals surface area contributed by atoms with Gasteiger partial charge in [-0.25, -0.2) is 0 Å². The van der Waals surface area contributed by atoms with Gasteiger partial charge in [-0.3, -0.25) is 0 Å². The quantitative estimate of drug-likeness (QED) is 0.447. The van der Waals surface area contributed by atoms with Crippen LogP contribution in [0.25, 0.3) is 0 Å². The van der Waals surface area contributed by atoms with Gasteiger partial charge in [0.1, 0.15) is 0 Å². The standard InChI is InChI=1S/C13H17IO3S/c1-3-4-5-9-12-14(17-18(2,15)16)13-10-7-6-8-11-13/h6-8,10-11H,3-5H2,1-2H3. The van der Waals surface area contributed by atoms with Crippen molar-refractivity contribution >= 4 is 30.4 Å². The van der Waals surface area contributed by atoms with Gasteiger partial charge in [0.2, 0.25) is 0 Å². The molecule has 1 rings (SSSR count). The van der Waals surface area contributed by atoms with Crippen LogP contribution in [0.2, 0.25) is 0 Å². The molecule has 0 aliphatic heterocycles. The summed E-state index contributed by atoms with van der Waals surface area (Å²) in [5.74, 6) is 3.04. The van der Waals surface area contributed by atoms with Gasteiger partial charge in [-0.15, -0.1) is 0 Å². The summed E-state index contributed by atoms with van der Waals surface area (Å²) in [5, 5.41) is 0. The second-order valence-corrected chi connectivity index (χ2v) is 9.50. The Kier molecular flexibility index (Phi) is 6.68. The van der Waals surface area contributed by atoms with E-state index < -0.39 is 30.4 Å². The van der Waals surface area contributed by atoms with Crippen molar-refractivity contribution in [3.63, 3.8) is 0 Å². The molecule has 0 aromatic heterocycles. The topological polar surface area (TPSA) is 43.4 Å². The van der Waals surface area contributed by atoms with Crippen LogP contribution >= 0.6 is 20.2 Å². The van der Waals surface area contributed by atoms with E-state index in [0.29, 0.717) is 0 Å². The molecule has 0 N–H and O–H groups in total. The molecule has 1 aromatic carbocycles. The van der Waals surface area contributed by atoms with Gasteiger partial charge in [0.25, 0.3) is 0 Å². The van der Waals surface area contributed by atoms with Crippen molar-refractivity contribution in [2.75, 3.05) is 6.26 Å². The molecule has 3 nitrogen and oxygen atoms in total. The van der Waals surface area contributed by atoms with Crippen LogP contribution in [0.3, 0.4) is 0 Å². The summed E-state index contributed by atoms with van der Waals surface area (Å²) in [5.41, 5.74) is 0. The molecule has 0 radical (unpaired) electrons. The molecule has 0 atom stereocenters. The van der Waals surface area contributed by atoms with E-state index in [1.54, 1.807) is 0 Å². The molecule has 0 bridgehead atoms. The molecule has 0 heterocycles. The van der Waals surface area contributed by atoms with Gasteiger partial charge in [-0.1, -0.05) is 0 Å². The van der Waals surface area contributed by atoms with Gasteiger partial charge < -0.3 is 0 Å². The van der Waals surface area contributed by atoms with E-state index in [-0.39, 0.29) is 0 Å². The van der Waals surface area contributed by atoms with Crippen molar-refractivity contribution in [1.29, 1.82) is 0 Å². The third kappa shape index (κ3) is 6.38. The first-order valence-electron chi connectivity index (χ1n) is 5.66. The number of hydrogen-bond donors (Lipinski definition) is 0. The molecule has 18 heavy (non-hydrogen) atoms. The second-order valence-electron chi connectivity index (χ2n) is 3.69. The van der Waals surface area contributed by atoms with Gasteiger partial charge in [0, 0.05) is 0 Å². The molecule has 0 saturated heterocycles. The minimum absolute atomic E-state index is 0.796. The molecular weight excluding hydrogens is 363 g/mol. The average molecular weight is 380 g/mol. The second kappa shape index (κ2) is 7.77. The fourth-order valence-corrected chi connectivity index (χ4v) is 6.30. The number of unbranched alkanes of at least 4 members (excludes halogenated alkanes) is 2. The summed E-state index contributed by atoms with van der Waals surface area (Å²) in [6, 6.07) is 9.40. The predicted octanol–water partition coefficient (Wildman–Crippen LogP) is 3.40. The molecule has 0 aliphatic carbocycles. The molecule has 0 aliphatic rings. The number of hydrogen-bond acceptors (Lipinski definition) is 3. The van der Waals surface area contributed by atoms with Gasteiger partial charge in [-0.2, -0.15) is 0 Å². The first-order chi connectivity index (χ1) is 8.53. The van der Waals surface area contributed by atoms with Crippen LogP contribution in [0.5, 0.6) is 0 Å². The van der Waals surface area contributed by atoms with Gasteiger partial charge in [0.05, 0.1) is 0 Å². The summed E-state index contributed by atoms with van der Waals surface area (Å²) in [6.45, 7) is 2.10. The van der Waals surface area contributed by atoms with E-state index in [2.05, 4.69) is 16.8 Å². The number of halogens is 1. The Morgan fingerprint density at radius 1 is 1.28 bits per heavy atom. The van der Waals surface area contributed by atoms with Crippen molar-refractivity contribution in [2.24, 2.45) is 0 Å². The Balaban J connectivity index is 2.85. The normalized spacial score (nSPS) is 11.6. The van der Waals surface area contributed by atoms with Crippen LogP contribution < -0.4 is 0 Å². The maximum absolute atomic E-state index is 11.3. The van der Waals surface area contributed by atoms with Crippen molar-refractivity contribution in [3.05, 3.63) is 33.9 Å². The Morgan fingerprint density at radius 3 is 2.50 bits per heavy atom. The van der Waals surface area contributed by atoms with Crippen molar-refractivity contribution in [2.45, 2.75) is 26.2 Å². The summed E-state index contributed by atoms with van der Waals surface area (Å²) >= 11 is -2.40. The van der Waals surface area contributed by atoms with Crippen LogP contribution in [0.4, 0.5) is 0 Å². The van der Waals surface area contributed by atoms with Crippen LogP contribution in [-0.2, 0) is 12.6 Å². The molecule has 5 heteroatoms. The molecule has 0 amide bonds. The average Bonchev–Trinajstić information content (AvgIpc) is 2.33. The van der Waals surface area contributed by atoms with Crippen molar-refractivity contribution in [3.8, 4) is 9.85 Å². The van der Waals surface area contributed by atoms with Crippen LogP contribution in [0, 0.1) is 13.4 Å². The van der Waals surface area contributed by atoms with Gasteiger partial charge >= 0.3 is 117 Å². The van der Waals surface area contributed by atoms with Crippen LogP contribution in [-0.4, -0.2) is 14.7 Å². The van der Waals surface area contributed by atoms with Gasteiger partial charge in [0.15, 0.2) is 0 Å². The fourth-order valence-electron chi connectivity index (χ4n) is 1.12.